The first-order valence-corrected chi connectivity index (χ1v) is 5.40. The normalized spacial score (nSPS) is 28.7. The fourth-order valence-electron chi connectivity index (χ4n) is 1.90. The summed E-state index contributed by atoms with van der Waals surface area (Å²) in [5.41, 5.74) is 1.29. The molecule has 2 atom stereocenters. The highest BCUT2D eigenvalue weighted by Gasteiger charge is 2.36. The molecule has 2 rings (SSSR count). The Morgan fingerprint density at radius 2 is 2.50 bits per heavy atom. The molecule has 0 amide bonds. The first kappa shape index (κ1) is 10.9. The number of aromatic nitrogens is 1. The lowest BCUT2D eigenvalue weighted by atomic mass is 9.94. The van der Waals surface area contributed by atoms with Crippen LogP contribution in [0.4, 0.5) is 5.69 Å². The van der Waals surface area contributed by atoms with Gasteiger partial charge in [0.25, 0.3) is 0 Å². The number of hydrogen-bond donors (Lipinski definition) is 1. The molecular formula is C12H15N3O. The Bertz CT molecular complexity index is 427. The van der Waals surface area contributed by atoms with E-state index in [0.29, 0.717) is 5.69 Å². The Balaban J connectivity index is 2.17. The number of anilines is 1. The largest absolute Gasteiger partial charge is 0.377 e. The highest BCUT2D eigenvalue weighted by molar-refractivity contribution is 5.48. The molecule has 1 saturated heterocycles. The first-order valence-electron chi connectivity index (χ1n) is 5.40. The molecule has 2 unspecified atom stereocenters. The Kier molecular flexibility index (Phi) is 2.80. The molecule has 4 nitrogen and oxygen atoms in total. The lowest BCUT2D eigenvalue weighted by Crippen LogP contribution is -2.41. The molecule has 1 aliphatic rings. The van der Waals surface area contributed by atoms with Crippen molar-refractivity contribution in [2.45, 2.75) is 31.9 Å². The highest BCUT2D eigenvalue weighted by atomic mass is 16.5. The van der Waals surface area contributed by atoms with Crippen molar-refractivity contribution in [2.24, 2.45) is 0 Å². The fourth-order valence-corrected chi connectivity index (χ4v) is 1.90. The molecular weight excluding hydrogens is 202 g/mol. The van der Waals surface area contributed by atoms with Gasteiger partial charge in [0.2, 0.25) is 0 Å². The van der Waals surface area contributed by atoms with Crippen molar-refractivity contribution < 1.29 is 4.74 Å². The molecule has 0 saturated carbocycles. The molecule has 0 aliphatic carbocycles. The van der Waals surface area contributed by atoms with Crippen molar-refractivity contribution in [3.63, 3.8) is 0 Å². The molecule has 4 heteroatoms. The number of hydrogen-bond acceptors (Lipinski definition) is 4. The van der Waals surface area contributed by atoms with Crippen LogP contribution in [0.15, 0.2) is 18.3 Å². The fraction of sp³-hybridized carbons (Fsp3) is 0.500. The summed E-state index contributed by atoms with van der Waals surface area (Å²) in [7, 11) is 0. The molecule has 2 heterocycles. The van der Waals surface area contributed by atoms with Crippen LogP contribution in [0.25, 0.3) is 0 Å². The van der Waals surface area contributed by atoms with Crippen LogP contribution in [0.3, 0.4) is 0 Å². The van der Waals surface area contributed by atoms with Crippen molar-refractivity contribution in [3.05, 3.63) is 24.0 Å². The second kappa shape index (κ2) is 4.11. The summed E-state index contributed by atoms with van der Waals surface area (Å²) in [6.45, 7) is 4.98. The summed E-state index contributed by atoms with van der Waals surface area (Å²) in [6.07, 6.45) is 2.79. The first-order chi connectivity index (χ1) is 7.64. The molecule has 0 bridgehead atoms. The Morgan fingerprint density at radius 3 is 3.12 bits per heavy atom. The third kappa shape index (κ3) is 2.00. The summed E-state index contributed by atoms with van der Waals surface area (Å²) in [6, 6.07) is 5.67. The van der Waals surface area contributed by atoms with E-state index in [-0.39, 0.29) is 11.6 Å². The summed E-state index contributed by atoms with van der Waals surface area (Å²) in [4.78, 5) is 3.94. The summed E-state index contributed by atoms with van der Waals surface area (Å²) < 4.78 is 5.55. The van der Waals surface area contributed by atoms with Crippen LogP contribution < -0.4 is 5.32 Å². The minimum Gasteiger partial charge on any atom is -0.377 e. The van der Waals surface area contributed by atoms with Gasteiger partial charge in [0, 0.05) is 18.5 Å². The average molecular weight is 217 g/mol. The maximum absolute atomic E-state index is 8.77. The van der Waals surface area contributed by atoms with Gasteiger partial charge in [-0.3, -0.25) is 0 Å². The molecule has 0 radical (unpaired) electrons. The van der Waals surface area contributed by atoms with Crippen molar-refractivity contribution >= 4 is 5.69 Å². The van der Waals surface area contributed by atoms with Gasteiger partial charge in [-0.15, -0.1) is 0 Å². The van der Waals surface area contributed by atoms with Gasteiger partial charge in [-0.1, -0.05) is 0 Å². The number of pyridine rings is 1. The summed E-state index contributed by atoms with van der Waals surface area (Å²) in [5, 5.41) is 12.2. The van der Waals surface area contributed by atoms with Gasteiger partial charge >= 0.3 is 0 Å². The third-order valence-electron chi connectivity index (χ3n) is 3.19. The lowest BCUT2D eigenvalue weighted by molar-refractivity contribution is 0.105. The molecule has 84 valence electrons. The quantitative estimate of drug-likeness (QED) is 0.822. The van der Waals surface area contributed by atoms with E-state index in [1.165, 1.54) is 0 Å². The molecule has 1 aliphatic heterocycles. The molecule has 16 heavy (non-hydrogen) atoms. The number of nitrogens with one attached hydrogen (secondary N) is 1. The number of nitrogens with zero attached hydrogens (tertiary/aromatic N) is 2. The van der Waals surface area contributed by atoms with Crippen LogP contribution in [-0.2, 0) is 4.74 Å². The Morgan fingerprint density at radius 1 is 1.69 bits per heavy atom. The molecule has 0 aromatic carbocycles. The summed E-state index contributed by atoms with van der Waals surface area (Å²) >= 11 is 0. The predicted molar refractivity (Wildman–Crippen MR) is 61.0 cm³/mol. The topological polar surface area (TPSA) is 57.9 Å². The van der Waals surface area contributed by atoms with Crippen LogP contribution in [0.2, 0.25) is 0 Å². The molecule has 0 spiro atoms. The minimum absolute atomic E-state index is 0.0614. The van der Waals surface area contributed by atoms with E-state index in [9.17, 15) is 0 Å². The van der Waals surface area contributed by atoms with Crippen LogP contribution >= 0.6 is 0 Å². The second-order valence-electron chi connectivity index (χ2n) is 4.35. The van der Waals surface area contributed by atoms with Crippen LogP contribution in [-0.4, -0.2) is 23.2 Å². The van der Waals surface area contributed by atoms with E-state index in [1.807, 2.05) is 12.1 Å². The van der Waals surface area contributed by atoms with Crippen molar-refractivity contribution in [1.82, 2.24) is 4.98 Å². The maximum Gasteiger partial charge on any atom is 0.142 e. The number of rotatable bonds is 2. The Labute approximate surface area is 95.3 Å². The van der Waals surface area contributed by atoms with Gasteiger partial charge in [0.15, 0.2) is 0 Å². The zero-order valence-corrected chi connectivity index (χ0v) is 9.53. The van der Waals surface area contributed by atoms with E-state index >= 15 is 0 Å². The van der Waals surface area contributed by atoms with Gasteiger partial charge in [0.05, 0.1) is 11.6 Å². The maximum atomic E-state index is 8.77. The predicted octanol–water partition coefficient (Wildman–Crippen LogP) is 1.93. The van der Waals surface area contributed by atoms with Gasteiger partial charge in [0.1, 0.15) is 11.8 Å². The van der Waals surface area contributed by atoms with Gasteiger partial charge in [-0.25, -0.2) is 4.98 Å². The van der Waals surface area contributed by atoms with Crippen molar-refractivity contribution in [1.29, 1.82) is 5.26 Å². The summed E-state index contributed by atoms with van der Waals surface area (Å²) in [5.74, 6) is 0. The van der Waals surface area contributed by atoms with Crippen LogP contribution in [0, 0.1) is 11.3 Å². The van der Waals surface area contributed by atoms with Crippen molar-refractivity contribution in [2.75, 3.05) is 11.9 Å². The molecule has 1 aromatic heterocycles. The van der Waals surface area contributed by atoms with E-state index < -0.39 is 0 Å². The third-order valence-corrected chi connectivity index (χ3v) is 3.19. The molecule has 1 N–H and O–H groups in total. The van der Waals surface area contributed by atoms with Gasteiger partial charge < -0.3 is 10.1 Å². The second-order valence-corrected chi connectivity index (χ2v) is 4.35. The SMILES string of the molecule is CC1OCCC1(C)Nc1ccnc(C#N)c1. The lowest BCUT2D eigenvalue weighted by Gasteiger charge is -2.30. The Hall–Kier alpha value is -1.60. The molecule has 1 aromatic rings. The zero-order valence-electron chi connectivity index (χ0n) is 9.53. The monoisotopic (exact) mass is 217 g/mol. The smallest absolute Gasteiger partial charge is 0.142 e. The minimum atomic E-state index is -0.0614. The zero-order chi connectivity index (χ0) is 11.6. The van der Waals surface area contributed by atoms with E-state index in [0.717, 1.165) is 18.7 Å². The van der Waals surface area contributed by atoms with Crippen molar-refractivity contribution in [3.8, 4) is 6.07 Å². The molecule has 1 fully saturated rings. The number of ether oxygens (including phenoxy) is 1. The van der Waals surface area contributed by atoms with E-state index in [1.54, 1.807) is 12.3 Å². The van der Waals surface area contributed by atoms with Crippen LogP contribution in [0.1, 0.15) is 26.0 Å². The number of nitriles is 1. The van der Waals surface area contributed by atoms with Gasteiger partial charge in [-0.2, -0.15) is 5.26 Å². The average Bonchev–Trinajstić information content (AvgIpc) is 2.59. The van der Waals surface area contributed by atoms with Gasteiger partial charge in [-0.05, 0) is 32.4 Å². The standard InChI is InChI=1S/C12H15N3O/c1-9-12(2,4-6-16-9)15-10-3-5-14-11(7-10)8-13/h3,5,7,9H,4,6H2,1-2H3,(H,14,15). The van der Waals surface area contributed by atoms with Crippen LogP contribution in [0.5, 0.6) is 0 Å². The van der Waals surface area contributed by atoms with E-state index in [4.69, 9.17) is 10.00 Å². The highest BCUT2D eigenvalue weighted by Crippen LogP contribution is 2.29. The van der Waals surface area contributed by atoms with E-state index in [2.05, 4.69) is 24.1 Å².